The molecular formula is C6H17IN2. The summed E-state index contributed by atoms with van der Waals surface area (Å²) in [7, 11) is 6.32. The maximum Gasteiger partial charge on any atom is 0.139 e. The summed E-state index contributed by atoms with van der Waals surface area (Å²) in [5.74, 6) is 0. The van der Waals surface area contributed by atoms with E-state index in [1.54, 1.807) is 0 Å². The largest absolute Gasteiger partial charge is 1.00 e. The highest BCUT2D eigenvalue weighted by Crippen LogP contribution is 1.98. The van der Waals surface area contributed by atoms with Gasteiger partial charge in [0.25, 0.3) is 0 Å². The monoisotopic (exact) mass is 244 g/mol. The zero-order valence-electron chi connectivity index (χ0n) is 6.69. The second-order valence-corrected chi connectivity index (χ2v) is 3.09. The normalized spacial score (nSPS) is 14.3. The second kappa shape index (κ2) is 4.46. The summed E-state index contributed by atoms with van der Waals surface area (Å²) in [4.78, 5) is 0. The molecule has 0 amide bonds. The molecule has 0 saturated heterocycles. The van der Waals surface area contributed by atoms with Gasteiger partial charge in [0.1, 0.15) is 6.17 Å². The molecule has 0 aromatic heterocycles. The minimum absolute atomic E-state index is 0. The molecule has 0 heterocycles. The summed E-state index contributed by atoms with van der Waals surface area (Å²) in [5.41, 5.74) is 5.72. The van der Waals surface area contributed by atoms with E-state index in [9.17, 15) is 0 Å². The van der Waals surface area contributed by atoms with E-state index in [0.717, 1.165) is 10.9 Å². The molecular weight excluding hydrogens is 227 g/mol. The number of hydrogen-bond acceptors (Lipinski definition) is 1. The maximum atomic E-state index is 5.72. The van der Waals surface area contributed by atoms with Gasteiger partial charge in [-0.15, -0.1) is 0 Å². The zero-order chi connectivity index (χ0) is 6.78. The van der Waals surface area contributed by atoms with Gasteiger partial charge in [-0.1, -0.05) is 6.92 Å². The SMILES string of the molecule is CCC(N)[N+](C)(C)C.[I-]. The lowest BCUT2D eigenvalue weighted by molar-refractivity contribution is -0.895. The van der Waals surface area contributed by atoms with Crippen molar-refractivity contribution in [1.29, 1.82) is 0 Å². The van der Waals surface area contributed by atoms with Crippen molar-refractivity contribution in [1.82, 2.24) is 0 Å². The third-order valence-electron chi connectivity index (χ3n) is 1.41. The average molecular weight is 244 g/mol. The number of rotatable bonds is 2. The molecule has 0 spiro atoms. The lowest BCUT2D eigenvalue weighted by Crippen LogP contribution is -3.00. The topological polar surface area (TPSA) is 26.0 Å². The van der Waals surface area contributed by atoms with E-state index in [1.165, 1.54) is 0 Å². The van der Waals surface area contributed by atoms with Gasteiger partial charge in [0.05, 0.1) is 21.1 Å². The Hall–Kier alpha value is 0.650. The smallest absolute Gasteiger partial charge is 0.139 e. The van der Waals surface area contributed by atoms with Crippen LogP contribution < -0.4 is 29.7 Å². The van der Waals surface area contributed by atoms with E-state index >= 15 is 0 Å². The highest BCUT2D eigenvalue weighted by molar-refractivity contribution is 4.39. The average Bonchev–Trinajstić information content (AvgIpc) is 1.62. The van der Waals surface area contributed by atoms with Gasteiger partial charge in [0.15, 0.2) is 0 Å². The van der Waals surface area contributed by atoms with Gasteiger partial charge >= 0.3 is 0 Å². The van der Waals surface area contributed by atoms with E-state index < -0.39 is 0 Å². The predicted octanol–water partition coefficient (Wildman–Crippen LogP) is -2.61. The summed E-state index contributed by atoms with van der Waals surface area (Å²) < 4.78 is 0.858. The van der Waals surface area contributed by atoms with Crippen molar-refractivity contribution in [2.24, 2.45) is 5.73 Å². The molecule has 0 rings (SSSR count). The van der Waals surface area contributed by atoms with Crippen molar-refractivity contribution in [2.45, 2.75) is 19.5 Å². The summed E-state index contributed by atoms with van der Waals surface area (Å²) >= 11 is 0. The Morgan fingerprint density at radius 2 is 1.67 bits per heavy atom. The fraction of sp³-hybridized carbons (Fsp3) is 1.00. The van der Waals surface area contributed by atoms with Gasteiger partial charge in [0.2, 0.25) is 0 Å². The van der Waals surface area contributed by atoms with Crippen LogP contribution in [0.5, 0.6) is 0 Å². The van der Waals surface area contributed by atoms with Gasteiger partial charge < -0.3 is 28.5 Å². The highest BCUT2D eigenvalue weighted by Gasteiger charge is 2.14. The predicted molar refractivity (Wildman–Crippen MR) is 36.3 cm³/mol. The van der Waals surface area contributed by atoms with Crippen LogP contribution in [0, 0.1) is 0 Å². The van der Waals surface area contributed by atoms with Crippen LogP contribution in [0.4, 0.5) is 0 Å². The fourth-order valence-corrected chi connectivity index (χ4v) is 0.548. The molecule has 0 aromatic carbocycles. The van der Waals surface area contributed by atoms with Crippen LogP contribution in [0.15, 0.2) is 0 Å². The molecule has 2 nitrogen and oxygen atoms in total. The number of quaternary nitrogens is 1. The Bertz CT molecular complexity index is 67.9. The lowest BCUT2D eigenvalue weighted by atomic mass is 10.3. The molecule has 0 aliphatic rings. The lowest BCUT2D eigenvalue weighted by Gasteiger charge is -2.30. The van der Waals surface area contributed by atoms with Gasteiger partial charge in [0, 0.05) is 6.42 Å². The summed E-state index contributed by atoms with van der Waals surface area (Å²) in [5, 5.41) is 0. The quantitative estimate of drug-likeness (QED) is 0.321. The van der Waals surface area contributed by atoms with Crippen LogP contribution in [-0.4, -0.2) is 31.8 Å². The van der Waals surface area contributed by atoms with Gasteiger partial charge in [-0.05, 0) is 0 Å². The van der Waals surface area contributed by atoms with Crippen molar-refractivity contribution in [2.75, 3.05) is 21.1 Å². The summed E-state index contributed by atoms with van der Waals surface area (Å²) in [6, 6.07) is 0. The molecule has 3 heteroatoms. The Kier molecular flexibility index (Phi) is 6.12. The Morgan fingerprint density at radius 1 is 1.33 bits per heavy atom. The highest BCUT2D eigenvalue weighted by atomic mass is 127. The first kappa shape index (κ1) is 12.3. The summed E-state index contributed by atoms with van der Waals surface area (Å²) in [6.07, 6.45) is 1.33. The zero-order valence-corrected chi connectivity index (χ0v) is 8.84. The summed E-state index contributed by atoms with van der Waals surface area (Å²) in [6.45, 7) is 2.11. The van der Waals surface area contributed by atoms with Crippen molar-refractivity contribution < 1.29 is 28.5 Å². The van der Waals surface area contributed by atoms with Crippen molar-refractivity contribution >= 4 is 0 Å². The van der Waals surface area contributed by atoms with Gasteiger partial charge in [-0.2, -0.15) is 0 Å². The molecule has 1 unspecified atom stereocenters. The molecule has 0 aliphatic heterocycles. The van der Waals surface area contributed by atoms with E-state index in [4.69, 9.17) is 5.73 Å². The second-order valence-electron chi connectivity index (χ2n) is 3.09. The number of hydrogen-bond donors (Lipinski definition) is 1. The fourth-order valence-electron chi connectivity index (χ4n) is 0.548. The van der Waals surface area contributed by atoms with Crippen molar-refractivity contribution in [3.63, 3.8) is 0 Å². The Balaban J connectivity index is 0. The molecule has 0 fully saturated rings. The van der Waals surface area contributed by atoms with Gasteiger partial charge in [-0.3, -0.25) is 5.73 Å². The molecule has 0 aromatic rings. The first-order chi connectivity index (χ1) is 3.48. The first-order valence-corrected chi connectivity index (χ1v) is 3.05. The van der Waals surface area contributed by atoms with Crippen molar-refractivity contribution in [3.8, 4) is 0 Å². The standard InChI is InChI=1S/C6H17N2.HI/c1-5-6(7)8(2,3)4;/h6H,5,7H2,1-4H3;1H/q+1;/p-1. The molecule has 0 bridgehead atoms. The first-order valence-electron chi connectivity index (χ1n) is 3.05. The molecule has 1 atom stereocenters. The van der Waals surface area contributed by atoms with Crippen LogP contribution in [0.3, 0.4) is 0 Å². The van der Waals surface area contributed by atoms with Crippen LogP contribution in [-0.2, 0) is 0 Å². The van der Waals surface area contributed by atoms with E-state index in [0.29, 0.717) is 0 Å². The molecule has 9 heavy (non-hydrogen) atoms. The van der Waals surface area contributed by atoms with Crippen molar-refractivity contribution in [3.05, 3.63) is 0 Å². The van der Waals surface area contributed by atoms with Crippen LogP contribution in [0.2, 0.25) is 0 Å². The maximum absolute atomic E-state index is 5.72. The molecule has 0 saturated carbocycles. The third-order valence-corrected chi connectivity index (χ3v) is 1.41. The van der Waals surface area contributed by atoms with E-state index in [1.807, 2.05) is 0 Å². The third kappa shape index (κ3) is 5.11. The Labute approximate surface area is 75.0 Å². The van der Waals surface area contributed by atoms with Gasteiger partial charge in [-0.25, -0.2) is 0 Å². The van der Waals surface area contributed by atoms with Crippen LogP contribution in [0.25, 0.3) is 0 Å². The van der Waals surface area contributed by atoms with Crippen LogP contribution in [0.1, 0.15) is 13.3 Å². The number of halogens is 1. The Morgan fingerprint density at radius 3 is 1.67 bits per heavy atom. The minimum Gasteiger partial charge on any atom is -1.00 e. The van der Waals surface area contributed by atoms with E-state index in [-0.39, 0.29) is 30.1 Å². The minimum atomic E-state index is 0. The number of nitrogens with zero attached hydrogens (tertiary/aromatic N) is 1. The molecule has 2 N–H and O–H groups in total. The number of nitrogens with two attached hydrogens (primary N) is 1. The molecule has 58 valence electrons. The van der Waals surface area contributed by atoms with E-state index in [2.05, 4.69) is 28.1 Å². The molecule has 0 radical (unpaired) electrons. The molecule has 0 aliphatic carbocycles. The van der Waals surface area contributed by atoms with Crippen LogP contribution >= 0.6 is 0 Å².